The number of morpholine rings is 1. The lowest BCUT2D eigenvalue weighted by Crippen LogP contribution is -2.42. The van der Waals surface area contributed by atoms with Crippen molar-refractivity contribution in [3.63, 3.8) is 0 Å². The number of ether oxygens (including phenoxy) is 1. The number of guanidine groups is 1. The summed E-state index contributed by atoms with van der Waals surface area (Å²) >= 11 is 0. The third-order valence-corrected chi connectivity index (χ3v) is 4.74. The van der Waals surface area contributed by atoms with E-state index < -0.39 is 0 Å². The van der Waals surface area contributed by atoms with Crippen LogP contribution in [-0.4, -0.2) is 87.2 Å². The van der Waals surface area contributed by atoms with E-state index in [9.17, 15) is 4.79 Å². The molecule has 8 heteroatoms. The van der Waals surface area contributed by atoms with E-state index in [2.05, 4.69) is 27.4 Å². The normalized spacial score (nSPS) is 21.6. The second-order valence-electron chi connectivity index (χ2n) is 7.20. The lowest BCUT2D eigenvalue weighted by atomic mass is 10.1. The van der Waals surface area contributed by atoms with Crippen molar-refractivity contribution in [3.8, 4) is 0 Å². The van der Waals surface area contributed by atoms with Gasteiger partial charge < -0.3 is 20.3 Å². The fourth-order valence-corrected chi connectivity index (χ4v) is 3.29. The second-order valence-corrected chi connectivity index (χ2v) is 7.20. The second kappa shape index (κ2) is 12.7. The van der Waals surface area contributed by atoms with Crippen LogP contribution in [0.15, 0.2) is 4.99 Å². The highest BCUT2D eigenvalue weighted by atomic mass is 127. The van der Waals surface area contributed by atoms with Crippen LogP contribution in [0.25, 0.3) is 0 Å². The highest BCUT2D eigenvalue weighted by Gasteiger charge is 2.27. The molecule has 0 aliphatic carbocycles. The molecule has 0 aromatic carbocycles. The Labute approximate surface area is 175 Å². The molecule has 0 radical (unpaired) electrons. The van der Waals surface area contributed by atoms with Crippen LogP contribution in [-0.2, 0) is 9.53 Å². The molecule has 0 aromatic rings. The van der Waals surface area contributed by atoms with Crippen molar-refractivity contribution in [3.05, 3.63) is 0 Å². The van der Waals surface area contributed by atoms with Crippen molar-refractivity contribution in [2.75, 3.05) is 65.6 Å². The molecular weight excluding hydrogens is 445 g/mol. The monoisotopic (exact) mass is 481 g/mol. The maximum atomic E-state index is 11.6. The Hall–Kier alpha value is -0.610. The summed E-state index contributed by atoms with van der Waals surface area (Å²) in [6, 6.07) is 0. The van der Waals surface area contributed by atoms with Gasteiger partial charge in [-0.2, -0.15) is 0 Å². The molecule has 2 aliphatic heterocycles. The number of aliphatic imine (C=N–C) groups is 1. The average Bonchev–Trinajstić information content (AvgIpc) is 3.06. The molecule has 2 aliphatic rings. The van der Waals surface area contributed by atoms with Crippen LogP contribution in [0, 0.1) is 11.8 Å². The first kappa shape index (κ1) is 23.4. The predicted molar refractivity (Wildman–Crippen MR) is 116 cm³/mol. The number of likely N-dealkylation sites (tertiary alicyclic amines) is 1. The van der Waals surface area contributed by atoms with Crippen molar-refractivity contribution >= 4 is 35.8 Å². The molecular formula is C18H36IN5O2. The molecule has 2 saturated heterocycles. The minimum atomic E-state index is 0. The molecule has 0 bridgehead atoms. The number of carbonyl (C=O) groups is 1. The summed E-state index contributed by atoms with van der Waals surface area (Å²) in [6.45, 7) is 15.1. The number of halogens is 1. The smallest absolute Gasteiger partial charge is 0.222 e. The molecule has 0 aromatic heterocycles. The van der Waals surface area contributed by atoms with Gasteiger partial charge in [0, 0.05) is 51.7 Å². The minimum Gasteiger partial charge on any atom is -0.379 e. The van der Waals surface area contributed by atoms with E-state index in [0.717, 1.165) is 58.4 Å². The van der Waals surface area contributed by atoms with Gasteiger partial charge in [-0.25, -0.2) is 0 Å². The zero-order valence-electron chi connectivity index (χ0n) is 16.5. The Balaban J connectivity index is 0.00000338. The van der Waals surface area contributed by atoms with E-state index in [4.69, 9.17) is 9.73 Å². The van der Waals surface area contributed by atoms with Gasteiger partial charge in [0.1, 0.15) is 0 Å². The molecule has 0 spiro atoms. The summed E-state index contributed by atoms with van der Waals surface area (Å²) in [5.41, 5.74) is 0. The zero-order chi connectivity index (χ0) is 18.1. The highest BCUT2D eigenvalue weighted by Crippen LogP contribution is 2.18. The summed E-state index contributed by atoms with van der Waals surface area (Å²) in [5.74, 6) is 1.79. The third-order valence-electron chi connectivity index (χ3n) is 4.74. The van der Waals surface area contributed by atoms with Crippen LogP contribution in [0.1, 0.15) is 27.2 Å². The third kappa shape index (κ3) is 7.96. The van der Waals surface area contributed by atoms with E-state index in [0.29, 0.717) is 19.0 Å². The lowest BCUT2D eigenvalue weighted by Gasteiger charge is -2.29. The maximum Gasteiger partial charge on any atom is 0.222 e. The van der Waals surface area contributed by atoms with Gasteiger partial charge in [0.05, 0.1) is 19.8 Å². The molecule has 1 unspecified atom stereocenters. The molecule has 2 N–H and O–H groups in total. The molecule has 2 rings (SSSR count). The molecule has 152 valence electrons. The van der Waals surface area contributed by atoms with Gasteiger partial charge in [0.25, 0.3) is 0 Å². The average molecular weight is 481 g/mol. The summed E-state index contributed by atoms with van der Waals surface area (Å²) < 4.78 is 5.43. The zero-order valence-corrected chi connectivity index (χ0v) is 18.8. The predicted octanol–water partition coefficient (Wildman–Crippen LogP) is 0.996. The first-order chi connectivity index (χ1) is 12.1. The fraction of sp³-hybridized carbons (Fsp3) is 0.889. The fourth-order valence-electron chi connectivity index (χ4n) is 3.29. The van der Waals surface area contributed by atoms with Gasteiger partial charge in [-0.3, -0.25) is 14.7 Å². The molecule has 2 fully saturated rings. The van der Waals surface area contributed by atoms with Gasteiger partial charge in [-0.15, -0.1) is 24.0 Å². The lowest BCUT2D eigenvalue weighted by molar-refractivity contribution is -0.123. The van der Waals surface area contributed by atoms with Crippen LogP contribution in [0.4, 0.5) is 0 Å². The number of hydrogen-bond donors (Lipinski definition) is 2. The number of rotatable bonds is 7. The Morgan fingerprint density at radius 1 is 1.23 bits per heavy atom. The quantitative estimate of drug-likeness (QED) is 0.246. The van der Waals surface area contributed by atoms with E-state index in [1.807, 2.05) is 13.8 Å². The number of nitrogens with one attached hydrogen (secondary N) is 2. The molecule has 0 saturated carbocycles. The summed E-state index contributed by atoms with van der Waals surface area (Å²) in [7, 11) is 0. The van der Waals surface area contributed by atoms with Gasteiger partial charge >= 0.3 is 0 Å². The molecule has 26 heavy (non-hydrogen) atoms. The summed E-state index contributed by atoms with van der Waals surface area (Å²) in [4.78, 5) is 21.2. The van der Waals surface area contributed by atoms with Gasteiger partial charge in [0.15, 0.2) is 5.96 Å². The molecule has 1 amide bonds. The number of hydrogen-bond acceptors (Lipinski definition) is 4. The van der Waals surface area contributed by atoms with Gasteiger partial charge in [0.2, 0.25) is 5.91 Å². The summed E-state index contributed by atoms with van der Waals surface area (Å²) in [5, 5.41) is 6.31. The van der Waals surface area contributed by atoms with E-state index >= 15 is 0 Å². The van der Waals surface area contributed by atoms with E-state index in [1.165, 1.54) is 6.42 Å². The van der Waals surface area contributed by atoms with Crippen molar-refractivity contribution in [2.24, 2.45) is 16.8 Å². The SMILES string of the molecule is CCNC(=NCCNC(=O)C(C)C)N1CCC(CN2CCOCC2)C1.I. The first-order valence-corrected chi connectivity index (χ1v) is 9.71. The maximum absolute atomic E-state index is 11.6. The Morgan fingerprint density at radius 2 is 1.96 bits per heavy atom. The van der Waals surface area contributed by atoms with Crippen molar-refractivity contribution in [1.29, 1.82) is 0 Å². The van der Waals surface area contributed by atoms with E-state index in [1.54, 1.807) is 0 Å². The van der Waals surface area contributed by atoms with Crippen molar-refractivity contribution < 1.29 is 9.53 Å². The topological polar surface area (TPSA) is 69.2 Å². The summed E-state index contributed by atoms with van der Waals surface area (Å²) in [6.07, 6.45) is 1.21. The van der Waals surface area contributed by atoms with Crippen LogP contribution >= 0.6 is 24.0 Å². The van der Waals surface area contributed by atoms with Crippen molar-refractivity contribution in [1.82, 2.24) is 20.4 Å². The van der Waals surface area contributed by atoms with Gasteiger partial charge in [-0.1, -0.05) is 13.8 Å². The van der Waals surface area contributed by atoms with E-state index in [-0.39, 0.29) is 35.8 Å². The largest absolute Gasteiger partial charge is 0.379 e. The van der Waals surface area contributed by atoms with Crippen LogP contribution in [0.2, 0.25) is 0 Å². The Kier molecular flexibility index (Phi) is 11.5. The molecule has 2 heterocycles. The molecule has 1 atom stereocenters. The van der Waals surface area contributed by atoms with Crippen molar-refractivity contribution in [2.45, 2.75) is 27.2 Å². The van der Waals surface area contributed by atoms with Gasteiger partial charge in [-0.05, 0) is 19.3 Å². The first-order valence-electron chi connectivity index (χ1n) is 9.71. The standard InChI is InChI=1S/C18H35N5O2.HI/c1-4-19-18(21-7-6-20-17(24)15(2)3)23-8-5-16(14-23)13-22-9-11-25-12-10-22;/h15-16H,4-14H2,1-3H3,(H,19,21)(H,20,24);1H. The minimum absolute atomic E-state index is 0. The Morgan fingerprint density at radius 3 is 2.62 bits per heavy atom. The van der Waals surface area contributed by atoms with Crippen LogP contribution in [0.5, 0.6) is 0 Å². The molecule has 7 nitrogen and oxygen atoms in total. The number of nitrogens with zero attached hydrogens (tertiary/aromatic N) is 3. The van der Waals surface area contributed by atoms with Crippen LogP contribution in [0.3, 0.4) is 0 Å². The highest BCUT2D eigenvalue weighted by molar-refractivity contribution is 14.0. The number of carbonyl (C=O) groups excluding carboxylic acids is 1. The Bertz CT molecular complexity index is 441. The number of amides is 1. The van der Waals surface area contributed by atoms with Crippen LogP contribution < -0.4 is 10.6 Å².